The standard InChI is InChI=1S/C25H28N4O5S/c1-3-34-21-9-11-22(12-10-21)35(32,33)29-13-5-7-19(16-29)25(31)27-20-8-4-6-18(15-20)24-26-17(2)14-23(30)28-24/h4,6,8-12,14-15,19H,3,5,7,13,16H2,1-2H3,(H,27,31)(H,26,28,30)/t19-/m0/s1. The fourth-order valence-corrected chi connectivity index (χ4v) is 5.63. The number of anilines is 1. The number of nitrogens with zero attached hydrogens (tertiary/aromatic N) is 2. The first-order chi connectivity index (χ1) is 16.8. The minimum absolute atomic E-state index is 0.105. The van der Waals surface area contributed by atoms with Gasteiger partial charge in [0.1, 0.15) is 11.6 Å². The SMILES string of the molecule is CCOc1ccc(S(=O)(=O)N2CCC[C@H](C(=O)Nc3cccc(-c4nc(C)cc(=O)[nH]4)c3)C2)cc1. The van der Waals surface area contributed by atoms with Crippen LogP contribution < -0.4 is 15.6 Å². The normalized spacial score (nSPS) is 16.6. The smallest absolute Gasteiger partial charge is 0.251 e. The molecule has 1 saturated heterocycles. The molecule has 3 aromatic rings. The van der Waals surface area contributed by atoms with Crippen molar-refractivity contribution in [2.24, 2.45) is 5.92 Å². The molecule has 0 bridgehead atoms. The molecule has 0 spiro atoms. The highest BCUT2D eigenvalue weighted by Crippen LogP contribution is 2.27. The molecule has 2 aromatic carbocycles. The van der Waals surface area contributed by atoms with Crippen LogP contribution in [0.4, 0.5) is 5.69 Å². The lowest BCUT2D eigenvalue weighted by Gasteiger charge is -2.31. The average molecular weight is 497 g/mol. The maximum atomic E-state index is 13.2. The van der Waals surface area contributed by atoms with Crippen LogP contribution in [0.25, 0.3) is 11.4 Å². The molecule has 1 aliphatic rings. The van der Waals surface area contributed by atoms with Crippen molar-refractivity contribution in [2.45, 2.75) is 31.6 Å². The molecule has 1 aromatic heterocycles. The van der Waals surface area contributed by atoms with Gasteiger partial charge < -0.3 is 15.0 Å². The number of ether oxygens (including phenoxy) is 1. The van der Waals surface area contributed by atoms with E-state index < -0.39 is 15.9 Å². The molecule has 184 valence electrons. The van der Waals surface area contributed by atoms with Gasteiger partial charge in [-0.2, -0.15) is 4.31 Å². The van der Waals surface area contributed by atoms with Gasteiger partial charge in [0.05, 0.1) is 17.4 Å². The highest BCUT2D eigenvalue weighted by molar-refractivity contribution is 7.89. The van der Waals surface area contributed by atoms with Gasteiger partial charge in [-0.3, -0.25) is 9.59 Å². The second-order valence-electron chi connectivity index (χ2n) is 8.41. The number of aromatic nitrogens is 2. The Kier molecular flexibility index (Phi) is 7.32. The van der Waals surface area contributed by atoms with Gasteiger partial charge in [-0.25, -0.2) is 13.4 Å². The third kappa shape index (κ3) is 5.77. The van der Waals surface area contributed by atoms with Crippen molar-refractivity contribution in [3.63, 3.8) is 0 Å². The number of carbonyl (C=O) groups is 1. The Balaban J connectivity index is 1.46. The van der Waals surface area contributed by atoms with Crippen LogP contribution in [0.5, 0.6) is 5.75 Å². The van der Waals surface area contributed by atoms with Crippen LogP contribution in [0, 0.1) is 12.8 Å². The number of carbonyl (C=O) groups excluding carboxylic acids is 1. The highest BCUT2D eigenvalue weighted by atomic mass is 32.2. The van der Waals surface area contributed by atoms with E-state index in [-0.39, 0.29) is 22.9 Å². The summed E-state index contributed by atoms with van der Waals surface area (Å²) < 4.78 is 33.1. The van der Waals surface area contributed by atoms with E-state index in [1.54, 1.807) is 43.3 Å². The van der Waals surface area contributed by atoms with Gasteiger partial charge in [0.15, 0.2) is 0 Å². The van der Waals surface area contributed by atoms with Crippen molar-refractivity contribution >= 4 is 21.6 Å². The first-order valence-electron chi connectivity index (χ1n) is 11.5. The van der Waals surface area contributed by atoms with Crippen molar-refractivity contribution < 1.29 is 17.9 Å². The van der Waals surface area contributed by atoms with Gasteiger partial charge >= 0.3 is 0 Å². The Morgan fingerprint density at radius 2 is 1.97 bits per heavy atom. The maximum absolute atomic E-state index is 13.2. The fourth-order valence-electron chi connectivity index (χ4n) is 4.10. The lowest BCUT2D eigenvalue weighted by molar-refractivity contribution is -0.120. The molecule has 1 amide bonds. The van der Waals surface area contributed by atoms with Crippen molar-refractivity contribution in [1.82, 2.24) is 14.3 Å². The zero-order chi connectivity index (χ0) is 25.0. The predicted molar refractivity (Wildman–Crippen MR) is 133 cm³/mol. The average Bonchev–Trinajstić information content (AvgIpc) is 2.84. The van der Waals surface area contributed by atoms with Gasteiger partial charge in [-0.1, -0.05) is 12.1 Å². The van der Waals surface area contributed by atoms with Crippen LogP contribution in [-0.2, 0) is 14.8 Å². The number of hydrogen-bond acceptors (Lipinski definition) is 6. The molecule has 0 saturated carbocycles. The first kappa shape index (κ1) is 24.6. The quantitative estimate of drug-likeness (QED) is 0.518. The summed E-state index contributed by atoms with van der Waals surface area (Å²) in [7, 11) is -3.73. The van der Waals surface area contributed by atoms with Crippen LogP contribution in [0.3, 0.4) is 0 Å². The number of nitrogens with one attached hydrogen (secondary N) is 2. The predicted octanol–water partition coefficient (Wildman–Crippen LogP) is 3.18. The lowest BCUT2D eigenvalue weighted by atomic mass is 9.98. The maximum Gasteiger partial charge on any atom is 0.251 e. The molecule has 1 aliphatic heterocycles. The minimum atomic E-state index is -3.73. The Morgan fingerprint density at radius 3 is 2.69 bits per heavy atom. The Morgan fingerprint density at radius 1 is 1.20 bits per heavy atom. The molecule has 4 rings (SSSR count). The zero-order valence-corrected chi connectivity index (χ0v) is 20.5. The summed E-state index contributed by atoms with van der Waals surface area (Å²) in [5, 5.41) is 2.89. The van der Waals surface area contributed by atoms with Crippen LogP contribution in [0.2, 0.25) is 0 Å². The number of H-pyrrole nitrogens is 1. The van der Waals surface area contributed by atoms with E-state index in [2.05, 4.69) is 15.3 Å². The van der Waals surface area contributed by atoms with Gasteiger partial charge in [0.25, 0.3) is 5.56 Å². The Bertz CT molecular complexity index is 1370. The van der Waals surface area contributed by atoms with E-state index in [1.807, 2.05) is 6.92 Å². The van der Waals surface area contributed by atoms with E-state index in [0.717, 1.165) is 0 Å². The third-order valence-corrected chi connectivity index (χ3v) is 7.68. The summed E-state index contributed by atoms with van der Waals surface area (Å²) in [6.45, 7) is 4.56. The molecule has 0 radical (unpaired) electrons. The number of sulfonamides is 1. The van der Waals surface area contributed by atoms with Crippen molar-refractivity contribution in [1.29, 1.82) is 0 Å². The summed E-state index contributed by atoms with van der Waals surface area (Å²) in [5.74, 6) is 0.284. The van der Waals surface area contributed by atoms with E-state index in [1.165, 1.54) is 22.5 Å². The monoisotopic (exact) mass is 496 g/mol. The molecule has 0 aliphatic carbocycles. The van der Waals surface area contributed by atoms with Crippen LogP contribution >= 0.6 is 0 Å². The van der Waals surface area contributed by atoms with Gasteiger partial charge in [-0.05, 0) is 63.1 Å². The Hall–Kier alpha value is -3.50. The molecular weight excluding hydrogens is 468 g/mol. The van der Waals surface area contributed by atoms with E-state index in [4.69, 9.17) is 4.74 Å². The molecule has 10 heteroatoms. The molecular formula is C25H28N4O5S. The van der Waals surface area contributed by atoms with Crippen LogP contribution in [0.15, 0.2) is 64.3 Å². The highest BCUT2D eigenvalue weighted by Gasteiger charge is 2.33. The number of hydrogen-bond donors (Lipinski definition) is 2. The van der Waals surface area contributed by atoms with Crippen molar-refractivity contribution in [2.75, 3.05) is 25.0 Å². The second kappa shape index (κ2) is 10.4. The topological polar surface area (TPSA) is 121 Å². The van der Waals surface area contributed by atoms with Gasteiger partial charge in [0.2, 0.25) is 15.9 Å². The molecule has 2 N–H and O–H groups in total. The summed E-state index contributed by atoms with van der Waals surface area (Å²) in [6.07, 6.45) is 1.18. The summed E-state index contributed by atoms with van der Waals surface area (Å²) in [6, 6.07) is 14.8. The van der Waals surface area contributed by atoms with Crippen LogP contribution in [0.1, 0.15) is 25.5 Å². The zero-order valence-electron chi connectivity index (χ0n) is 19.7. The largest absolute Gasteiger partial charge is 0.494 e. The van der Waals surface area contributed by atoms with Gasteiger partial charge in [0, 0.05) is 36.1 Å². The summed E-state index contributed by atoms with van der Waals surface area (Å²) >= 11 is 0. The van der Waals surface area contributed by atoms with E-state index >= 15 is 0 Å². The first-order valence-corrected chi connectivity index (χ1v) is 12.9. The number of amides is 1. The molecule has 1 fully saturated rings. The van der Waals surface area contributed by atoms with Gasteiger partial charge in [-0.15, -0.1) is 0 Å². The molecule has 1 atom stereocenters. The number of piperidine rings is 1. The number of aromatic amines is 1. The van der Waals surface area contributed by atoms with Crippen LogP contribution in [-0.4, -0.2) is 48.3 Å². The molecule has 35 heavy (non-hydrogen) atoms. The van der Waals surface area contributed by atoms with Crippen molar-refractivity contribution in [3.8, 4) is 17.1 Å². The minimum Gasteiger partial charge on any atom is -0.494 e. The Labute approximate surface area is 204 Å². The number of benzene rings is 2. The number of aryl methyl sites for hydroxylation is 1. The molecule has 9 nitrogen and oxygen atoms in total. The van der Waals surface area contributed by atoms with Crippen molar-refractivity contribution in [3.05, 3.63) is 70.6 Å². The summed E-state index contributed by atoms with van der Waals surface area (Å²) in [4.78, 5) is 32.0. The third-order valence-electron chi connectivity index (χ3n) is 5.80. The molecule has 2 heterocycles. The van der Waals surface area contributed by atoms with E-state index in [9.17, 15) is 18.0 Å². The molecule has 0 unspecified atom stereocenters. The van der Waals surface area contributed by atoms with E-state index in [0.29, 0.717) is 54.5 Å². The fraction of sp³-hybridized carbons (Fsp3) is 0.320. The lowest BCUT2D eigenvalue weighted by Crippen LogP contribution is -2.43. The second-order valence-corrected chi connectivity index (χ2v) is 10.3. The summed E-state index contributed by atoms with van der Waals surface area (Å²) in [5.41, 5.74) is 1.54. The number of rotatable bonds is 7.